The van der Waals surface area contributed by atoms with E-state index < -0.39 is 0 Å². The molecule has 1 aliphatic heterocycles. The molecule has 4 rings (SSSR count). The molecular weight excluding hydrogens is 366 g/mol. The van der Waals surface area contributed by atoms with Gasteiger partial charge >= 0.3 is 0 Å². The van der Waals surface area contributed by atoms with Crippen LogP contribution < -0.4 is 10.3 Å². The highest BCUT2D eigenvalue weighted by Crippen LogP contribution is 2.29. The minimum absolute atomic E-state index is 0.0462. The number of aromatic nitrogens is 2. The van der Waals surface area contributed by atoms with E-state index in [9.17, 15) is 9.90 Å². The Labute approximate surface area is 172 Å². The van der Waals surface area contributed by atoms with Gasteiger partial charge < -0.3 is 9.84 Å². The summed E-state index contributed by atoms with van der Waals surface area (Å²) in [5, 5.41) is 14.0. The molecule has 2 heterocycles. The van der Waals surface area contributed by atoms with Gasteiger partial charge in [0.25, 0.3) is 5.56 Å². The van der Waals surface area contributed by atoms with Crippen molar-refractivity contribution in [2.45, 2.75) is 51.0 Å². The van der Waals surface area contributed by atoms with Crippen LogP contribution in [-0.4, -0.2) is 52.1 Å². The molecule has 1 N–H and O–H groups in total. The normalized spacial score (nSPS) is 19.3. The SMILES string of the molecule is Cn1nc(-c2ccc(OCCCN3CCCC3CO)cc2)c2c(c1=O)CCCC2. The largest absolute Gasteiger partial charge is 0.494 e. The zero-order valence-corrected chi connectivity index (χ0v) is 17.3. The maximum atomic E-state index is 12.4. The predicted molar refractivity (Wildman–Crippen MR) is 113 cm³/mol. The number of hydrogen-bond acceptors (Lipinski definition) is 5. The quantitative estimate of drug-likeness (QED) is 0.728. The molecule has 1 saturated heterocycles. The van der Waals surface area contributed by atoms with Gasteiger partial charge in [0.2, 0.25) is 0 Å². The van der Waals surface area contributed by atoms with Crippen LogP contribution in [0.1, 0.15) is 43.2 Å². The van der Waals surface area contributed by atoms with Crippen LogP contribution in [0.4, 0.5) is 0 Å². The fraction of sp³-hybridized carbons (Fsp3) is 0.565. The van der Waals surface area contributed by atoms with Gasteiger partial charge in [-0.3, -0.25) is 9.69 Å². The third kappa shape index (κ3) is 4.38. The van der Waals surface area contributed by atoms with Crippen molar-refractivity contribution in [1.29, 1.82) is 0 Å². The molecule has 29 heavy (non-hydrogen) atoms. The molecule has 0 spiro atoms. The highest BCUT2D eigenvalue weighted by Gasteiger charge is 2.23. The van der Waals surface area contributed by atoms with Crippen LogP contribution in [0.3, 0.4) is 0 Å². The maximum absolute atomic E-state index is 12.4. The van der Waals surface area contributed by atoms with Gasteiger partial charge in [0.15, 0.2) is 0 Å². The lowest BCUT2D eigenvalue weighted by atomic mass is 9.90. The molecule has 156 valence electrons. The zero-order valence-electron chi connectivity index (χ0n) is 17.3. The van der Waals surface area contributed by atoms with Crippen molar-refractivity contribution in [1.82, 2.24) is 14.7 Å². The third-order valence-corrected chi connectivity index (χ3v) is 6.25. The van der Waals surface area contributed by atoms with Crippen molar-refractivity contribution in [2.75, 3.05) is 26.3 Å². The molecule has 2 aromatic rings. The van der Waals surface area contributed by atoms with E-state index >= 15 is 0 Å². The van der Waals surface area contributed by atoms with Crippen molar-refractivity contribution in [3.63, 3.8) is 0 Å². The van der Waals surface area contributed by atoms with E-state index in [-0.39, 0.29) is 12.2 Å². The minimum Gasteiger partial charge on any atom is -0.494 e. The van der Waals surface area contributed by atoms with Crippen LogP contribution in [0.5, 0.6) is 5.75 Å². The summed E-state index contributed by atoms with van der Waals surface area (Å²) in [6.45, 7) is 2.97. The number of hydrogen-bond donors (Lipinski definition) is 1. The minimum atomic E-state index is 0.0462. The number of nitrogens with zero attached hydrogens (tertiary/aromatic N) is 3. The molecule has 0 bridgehead atoms. The van der Waals surface area contributed by atoms with Crippen LogP contribution >= 0.6 is 0 Å². The number of likely N-dealkylation sites (tertiary alicyclic amines) is 1. The second-order valence-electron chi connectivity index (χ2n) is 8.18. The van der Waals surface area contributed by atoms with Gasteiger partial charge in [0.1, 0.15) is 5.75 Å². The number of rotatable bonds is 7. The number of aliphatic hydroxyl groups is 1. The van der Waals surface area contributed by atoms with Crippen LogP contribution in [-0.2, 0) is 19.9 Å². The molecule has 2 aliphatic rings. The van der Waals surface area contributed by atoms with Crippen molar-refractivity contribution in [3.05, 3.63) is 45.7 Å². The van der Waals surface area contributed by atoms with E-state index in [1.165, 1.54) is 11.1 Å². The summed E-state index contributed by atoms with van der Waals surface area (Å²) in [5.41, 5.74) is 4.07. The maximum Gasteiger partial charge on any atom is 0.269 e. The lowest BCUT2D eigenvalue weighted by Crippen LogP contribution is -2.33. The first-order valence-corrected chi connectivity index (χ1v) is 10.8. The lowest BCUT2D eigenvalue weighted by molar-refractivity contribution is 0.150. The molecule has 1 atom stereocenters. The standard InChI is InChI=1S/C23H31N3O3/c1-25-23(28)21-8-3-2-7-20(21)22(24-25)17-9-11-19(12-10-17)29-15-5-14-26-13-4-6-18(26)16-27/h9-12,18,27H,2-8,13-16H2,1H3. The number of ether oxygens (including phenoxy) is 1. The fourth-order valence-electron chi connectivity index (χ4n) is 4.65. The molecule has 1 fully saturated rings. The van der Waals surface area contributed by atoms with E-state index in [1.54, 1.807) is 7.05 Å². The van der Waals surface area contributed by atoms with Crippen LogP contribution in [0.2, 0.25) is 0 Å². The number of aliphatic hydroxyl groups excluding tert-OH is 1. The average Bonchev–Trinajstić information content (AvgIpc) is 3.22. The van der Waals surface area contributed by atoms with Gasteiger partial charge in [-0.25, -0.2) is 4.68 Å². The second kappa shape index (κ2) is 9.09. The summed E-state index contributed by atoms with van der Waals surface area (Å²) in [6.07, 6.45) is 7.20. The van der Waals surface area contributed by atoms with Crippen molar-refractivity contribution in [2.24, 2.45) is 7.05 Å². The molecule has 0 amide bonds. The topological polar surface area (TPSA) is 67.6 Å². The molecule has 1 aliphatic carbocycles. The molecule has 0 saturated carbocycles. The fourth-order valence-corrected chi connectivity index (χ4v) is 4.65. The summed E-state index contributed by atoms with van der Waals surface area (Å²) in [7, 11) is 1.74. The summed E-state index contributed by atoms with van der Waals surface area (Å²) in [5.74, 6) is 0.854. The Balaban J connectivity index is 1.39. The Morgan fingerprint density at radius 3 is 2.66 bits per heavy atom. The Morgan fingerprint density at radius 2 is 1.90 bits per heavy atom. The third-order valence-electron chi connectivity index (χ3n) is 6.25. The number of benzene rings is 1. The summed E-state index contributed by atoms with van der Waals surface area (Å²) in [6, 6.07) is 8.39. The Morgan fingerprint density at radius 1 is 1.14 bits per heavy atom. The first kappa shape index (κ1) is 20.1. The van der Waals surface area contributed by atoms with E-state index in [2.05, 4.69) is 10.00 Å². The highest BCUT2D eigenvalue weighted by atomic mass is 16.5. The van der Waals surface area contributed by atoms with Crippen LogP contribution in [0.25, 0.3) is 11.3 Å². The van der Waals surface area contributed by atoms with Crippen LogP contribution in [0, 0.1) is 0 Å². The van der Waals surface area contributed by atoms with E-state index in [0.717, 1.165) is 79.7 Å². The Bertz CT molecular complexity index is 891. The summed E-state index contributed by atoms with van der Waals surface area (Å²) in [4.78, 5) is 14.8. The average molecular weight is 398 g/mol. The molecule has 1 aromatic heterocycles. The van der Waals surface area contributed by atoms with Gasteiger partial charge in [-0.15, -0.1) is 0 Å². The number of aryl methyl sites for hydroxylation is 1. The van der Waals surface area contributed by atoms with E-state index in [1.807, 2.05) is 24.3 Å². The predicted octanol–water partition coefficient (Wildman–Crippen LogP) is 2.55. The van der Waals surface area contributed by atoms with Gasteiger partial charge in [-0.1, -0.05) is 0 Å². The molecule has 1 aromatic carbocycles. The molecule has 6 nitrogen and oxygen atoms in total. The summed E-state index contributed by atoms with van der Waals surface area (Å²) >= 11 is 0. The van der Waals surface area contributed by atoms with E-state index in [0.29, 0.717) is 12.6 Å². The van der Waals surface area contributed by atoms with Crippen molar-refractivity contribution < 1.29 is 9.84 Å². The van der Waals surface area contributed by atoms with Gasteiger partial charge in [-0.2, -0.15) is 5.10 Å². The molecule has 6 heteroatoms. The first-order chi connectivity index (χ1) is 14.2. The summed E-state index contributed by atoms with van der Waals surface area (Å²) < 4.78 is 7.39. The smallest absolute Gasteiger partial charge is 0.269 e. The van der Waals surface area contributed by atoms with Gasteiger partial charge in [-0.05, 0) is 81.3 Å². The zero-order chi connectivity index (χ0) is 20.2. The van der Waals surface area contributed by atoms with Crippen molar-refractivity contribution in [3.8, 4) is 17.0 Å². The van der Waals surface area contributed by atoms with E-state index in [4.69, 9.17) is 4.74 Å². The Hall–Kier alpha value is -2.18. The number of fused-ring (bicyclic) bond motifs is 1. The van der Waals surface area contributed by atoms with Crippen LogP contribution in [0.15, 0.2) is 29.1 Å². The monoisotopic (exact) mass is 397 g/mol. The Kier molecular flexibility index (Phi) is 6.31. The highest BCUT2D eigenvalue weighted by molar-refractivity contribution is 5.65. The lowest BCUT2D eigenvalue weighted by Gasteiger charge is -2.22. The molecular formula is C23H31N3O3. The first-order valence-electron chi connectivity index (χ1n) is 10.8. The second-order valence-corrected chi connectivity index (χ2v) is 8.18. The molecule has 1 unspecified atom stereocenters. The van der Waals surface area contributed by atoms with Gasteiger partial charge in [0, 0.05) is 30.8 Å². The van der Waals surface area contributed by atoms with Gasteiger partial charge in [0.05, 0.1) is 18.9 Å². The molecule has 0 radical (unpaired) electrons. The van der Waals surface area contributed by atoms with Crippen molar-refractivity contribution >= 4 is 0 Å².